The maximum Gasteiger partial charge on any atom is 0.410 e. The molecule has 0 spiro atoms. The second-order valence-electron chi connectivity index (χ2n) is 7.20. The van der Waals surface area contributed by atoms with E-state index in [1.54, 1.807) is 4.90 Å². The highest BCUT2D eigenvalue weighted by molar-refractivity contribution is 5.68. The lowest BCUT2D eigenvalue weighted by molar-refractivity contribution is 0.0156. The fourth-order valence-corrected chi connectivity index (χ4v) is 2.49. The molecule has 1 aromatic heterocycles. The number of piperidine rings is 1. The van der Waals surface area contributed by atoms with E-state index in [-0.39, 0.29) is 11.6 Å². The molecule has 5 heteroatoms. The summed E-state index contributed by atoms with van der Waals surface area (Å²) in [5.41, 5.74) is 0.642. The van der Waals surface area contributed by atoms with Crippen molar-refractivity contribution >= 4 is 6.09 Å². The lowest BCUT2D eigenvalue weighted by Gasteiger charge is -2.40. The molecule has 0 aliphatic carbocycles. The van der Waals surface area contributed by atoms with E-state index >= 15 is 0 Å². The third-order valence-electron chi connectivity index (χ3n) is 3.94. The van der Waals surface area contributed by atoms with Gasteiger partial charge in [-0.05, 0) is 52.7 Å². The van der Waals surface area contributed by atoms with E-state index in [9.17, 15) is 4.79 Å². The summed E-state index contributed by atoms with van der Waals surface area (Å²) in [6.07, 6.45) is 3.43. The number of ether oxygens (including phenoxy) is 1. The van der Waals surface area contributed by atoms with Gasteiger partial charge < -0.3 is 15.0 Å². The smallest absolute Gasteiger partial charge is 0.410 e. The van der Waals surface area contributed by atoms with Gasteiger partial charge in [0.05, 0.1) is 5.69 Å². The van der Waals surface area contributed by atoms with Gasteiger partial charge in [0, 0.05) is 31.4 Å². The van der Waals surface area contributed by atoms with Gasteiger partial charge in [0.25, 0.3) is 0 Å². The van der Waals surface area contributed by atoms with Gasteiger partial charge in [0.15, 0.2) is 0 Å². The molecule has 122 valence electrons. The quantitative estimate of drug-likeness (QED) is 0.933. The molecule has 2 rings (SSSR count). The van der Waals surface area contributed by atoms with E-state index in [1.807, 2.05) is 45.2 Å². The summed E-state index contributed by atoms with van der Waals surface area (Å²) in [4.78, 5) is 18.2. The lowest BCUT2D eigenvalue weighted by atomic mass is 9.89. The second kappa shape index (κ2) is 6.65. The molecular weight excluding hydrogens is 278 g/mol. The largest absolute Gasteiger partial charge is 0.444 e. The molecule has 22 heavy (non-hydrogen) atoms. The van der Waals surface area contributed by atoms with E-state index in [0.29, 0.717) is 0 Å². The molecule has 0 bridgehead atoms. The summed E-state index contributed by atoms with van der Waals surface area (Å²) in [7, 11) is 0. The van der Waals surface area contributed by atoms with Crippen LogP contribution in [0.4, 0.5) is 4.79 Å². The minimum absolute atomic E-state index is 0.0377. The number of carbonyl (C=O) groups is 1. The second-order valence-corrected chi connectivity index (χ2v) is 7.20. The molecule has 1 aliphatic rings. The van der Waals surface area contributed by atoms with Gasteiger partial charge in [-0.3, -0.25) is 4.98 Å². The maximum absolute atomic E-state index is 12.1. The van der Waals surface area contributed by atoms with Gasteiger partial charge in [-0.15, -0.1) is 0 Å². The van der Waals surface area contributed by atoms with Gasteiger partial charge >= 0.3 is 6.09 Å². The summed E-state index contributed by atoms with van der Waals surface area (Å²) in [6, 6.07) is 5.94. The number of aromatic nitrogens is 1. The first-order valence-corrected chi connectivity index (χ1v) is 7.90. The number of nitrogens with zero attached hydrogens (tertiary/aromatic N) is 2. The number of amides is 1. The Morgan fingerprint density at radius 1 is 1.36 bits per heavy atom. The van der Waals surface area contributed by atoms with Gasteiger partial charge in [-0.25, -0.2) is 4.79 Å². The van der Waals surface area contributed by atoms with Crippen molar-refractivity contribution in [2.75, 3.05) is 13.1 Å². The van der Waals surface area contributed by atoms with Gasteiger partial charge in [-0.1, -0.05) is 6.07 Å². The molecule has 0 unspecified atom stereocenters. The number of carbonyl (C=O) groups excluding carboxylic acids is 1. The van der Waals surface area contributed by atoms with E-state index in [1.165, 1.54) is 0 Å². The fourth-order valence-electron chi connectivity index (χ4n) is 2.49. The Morgan fingerprint density at radius 3 is 2.59 bits per heavy atom. The third-order valence-corrected chi connectivity index (χ3v) is 3.94. The van der Waals surface area contributed by atoms with Crippen molar-refractivity contribution in [1.82, 2.24) is 15.2 Å². The summed E-state index contributed by atoms with van der Waals surface area (Å²) < 4.78 is 5.43. The number of pyridine rings is 1. The SMILES string of the molecule is CC1(NCc2ccccn2)CCN(C(=O)OC(C)(C)C)CC1. The number of likely N-dealkylation sites (tertiary alicyclic amines) is 1. The number of rotatable bonds is 3. The molecule has 0 saturated carbocycles. The molecule has 0 atom stereocenters. The van der Waals surface area contributed by atoms with Crippen LogP contribution in [0, 0.1) is 0 Å². The molecule has 5 nitrogen and oxygen atoms in total. The highest BCUT2D eigenvalue weighted by atomic mass is 16.6. The molecule has 1 saturated heterocycles. The van der Waals surface area contributed by atoms with Crippen molar-refractivity contribution in [3.63, 3.8) is 0 Å². The molecule has 2 heterocycles. The molecule has 0 radical (unpaired) electrons. The predicted octanol–water partition coefficient (Wildman–Crippen LogP) is 2.96. The number of hydrogen-bond acceptors (Lipinski definition) is 4. The summed E-state index contributed by atoms with van der Waals surface area (Å²) in [5, 5.41) is 3.58. The Hall–Kier alpha value is -1.62. The fraction of sp³-hybridized carbons (Fsp3) is 0.647. The highest BCUT2D eigenvalue weighted by Crippen LogP contribution is 2.23. The van der Waals surface area contributed by atoms with Gasteiger partial charge in [0.1, 0.15) is 5.60 Å². The zero-order valence-electron chi connectivity index (χ0n) is 14.1. The Balaban J connectivity index is 1.81. The minimum atomic E-state index is -0.435. The summed E-state index contributed by atoms with van der Waals surface area (Å²) >= 11 is 0. The Kier molecular flexibility index (Phi) is 5.06. The molecule has 1 aliphatic heterocycles. The average Bonchev–Trinajstić information content (AvgIpc) is 2.45. The van der Waals surface area contributed by atoms with Crippen LogP contribution in [0.15, 0.2) is 24.4 Å². The van der Waals surface area contributed by atoms with Gasteiger partial charge in [-0.2, -0.15) is 0 Å². The number of nitrogens with one attached hydrogen (secondary N) is 1. The van der Waals surface area contributed by atoms with Gasteiger partial charge in [0.2, 0.25) is 0 Å². The van der Waals surface area contributed by atoms with Crippen molar-refractivity contribution in [2.45, 2.75) is 58.2 Å². The lowest BCUT2D eigenvalue weighted by Crippen LogP contribution is -2.53. The van der Waals surface area contributed by atoms with Crippen molar-refractivity contribution in [3.05, 3.63) is 30.1 Å². The zero-order chi connectivity index (χ0) is 16.2. The Bertz CT molecular complexity index is 488. The average molecular weight is 305 g/mol. The van der Waals surface area contributed by atoms with Crippen LogP contribution < -0.4 is 5.32 Å². The molecule has 0 aromatic carbocycles. The molecule has 1 N–H and O–H groups in total. The highest BCUT2D eigenvalue weighted by Gasteiger charge is 2.33. The normalized spacial score (nSPS) is 18.1. The predicted molar refractivity (Wildman–Crippen MR) is 86.5 cm³/mol. The summed E-state index contributed by atoms with van der Waals surface area (Å²) in [5.74, 6) is 0. The molecule has 1 aromatic rings. The molecular formula is C17H27N3O2. The molecule has 1 amide bonds. The van der Waals surface area contributed by atoms with E-state index < -0.39 is 5.60 Å². The van der Waals surface area contributed by atoms with Crippen LogP contribution in [0.25, 0.3) is 0 Å². The monoisotopic (exact) mass is 305 g/mol. The topological polar surface area (TPSA) is 54.5 Å². The first-order chi connectivity index (χ1) is 10.3. The van der Waals surface area contributed by atoms with Crippen molar-refractivity contribution < 1.29 is 9.53 Å². The van der Waals surface area contributed by atoms with Crippen LogP contribution in [0.1, 0.15) is 46.2 Å². The van der Waals surface area contributed by atoms with Crippen molar-refractivity contribution in [3.8, 4) is 0 Å². The Labute approximate surface area is 133 Å². The summed E-state index contributed by atoms with van der Waals surface area (Å²) in [6.45, 7) is 10.1. The minimum Gasteiger partial charge on any atom is -0.444 e. The van der Waals surface area contributed by atoms with E-state index in [2.05, 4.69) is 17.2 Å². The van der Waals surface area contributed by atoms with Crippen LogP contribution >= 0.6 is 0 Å². The first-order valence-electron chi connectivity index (χ1n) is 7.90. The van der Waals surface area contributed by atoms with Crippen molar-refractivity contribution in [2.24, 2.45) is 0 Å². The standard InChI is InChI=1S/C17H27N3O2/c1-16(2,3)22-15(21)20-11-8-17(4,9-12-20)19-13-14-7-5-6-10-18-14/h5-7,10,19H,8-9,11-13H2,1-4H3. The first kappa shape index (κ1) is 16.7. The maximum atomic E-state index is 12.1. The van der Waals surface area contributed by atoms with Crippen LogP contribution in [-0.4, -0.2) is 40.2 Å². The van der Waals surface area contributed by atoms with Crippen LogP contribution in [0.3, 0.4) is 0 Å². The van der Waals surface area contributed by atoms with Crippen LogP contribution in [-0.2, 0) is 11.3 Å². The molecule has 1 fully saturated rings. The van der Waals surface area contributed by atoms with Crippen LogP contribution in [0.5, 0.6) is 0 Å². The van der Waals surface area contributed by atoms with E-state index in [4.69, 9.17) is 4.74 Å². The zero-order valence-corrected chi connectivity index (χ0v) is 14.1. The van der Waals surface area contributed by atoms with Crippen molar-refractivity contribution in [1.29, 1.82) is 0 Å². The third kappa shape index (κ3) is 4.98. The Morgan fingerprint density at radius 2 is 2.05 bits per heavy atom. The number of hydrogen-bond donors (Lipinski definition) is 1. The van der Waals surface area contributed by atoms with Crippen LogP contribution in [0.2, 0.25) is 0 Å². The van der Waals surface area contributed by atoms with E-state index in [0.717, 1.165) is 38.2 Å².